The highest BCUT2D eigenvalue weighted by Gasteiger charge is 2.42. The Morgan fingerprint density at radius 3 is 1.83 bits per heavy atom. The van der Waals surface area contributed by atoms with Gasteiger partial charge in [-0.25, -0.2) is 0 Å². The van der Waals surface area contributed by atoms with Crippen LogP contribution in [0.1, 0.15) is 48.0 Å². The first kappa shape index (κ1) is 20.9. The molecule has 0 aromatic rings. The van der Waals surface area contributed by atoms with Gasteiger partial charge in [-0.3, -0.25) is 4.79 Å². The second kappa shape index (κ2) is 9.34. The van der Waals surface area contributed by atoms with Crippen molar-refractivity contribution in [2.24, 2.45) is 0 Å². The average Bonchev–Trinajstić information content (AvgIpc) is 2.94. The molecule has 0 spiro atoms. The van der Waals surface area contributed by atoms with E-state index < -0.39 is 16.6 Å². The van der Waals surface area contributed by atoms with Gasteiger partial charge in [0.1, 0.15) is 6.10 Å². The standard InChI is InChI=1S/C17H36O4Si2/c1-7-22(8-2,9-3)19-14-16-15(13-17(18)20-16)21-23(10-4,11-5)12-6/h15-16H,7-14H2,1-6H3/t15-,16+/m0/s1. The van der Waals surface area contributed by atoms with Gasteiger partial charge in [0.15, 0.2) is 16.6 Å². The summed E-state index contributed by atoms with van der Waals surface area (Å²) >= 11 is 0. The van der Waals surface area contributed by atoms with Gasteiger partial charge in [-0.05, 0) is 36.3 Å². The molecule has 0 amide bonds. The number of hydrogen-bond donors (Lipinski definition) is 0. The van der Waals surface area contributed by atoms with Gasteiger partial charge >= 0.3 is 5.97 Å². The van der Waals surface area contributed by atoms with Crippen molar-refractivity contribution < 1.29 is 18.4 Å². The van der Waals surface area contributed by atoms with Gasteiger partial charge in [-0.1, -0.05) is 41.5 Å². The highest BCUT2D eigenvalue weighted by atomic mass is 28.4. The van der Waals surface area contributed by atoms with Gasteiger partial charge in [0, 0.05) is 0 Å². The van der Waals surface area contributed by atoms with E-state index in [0.717, 1.165) is 36.3 Å². The molecule has 1 aliphatic rings. The van der Waals surface area contributed by atoms with Crippen molar-refractivity contribution in [2.45, 2.75) is 96.4 Å². The molecule has 6 heteroatoms. The molecule has 1 saturated heterocycles. The van der Waals surface area contributed by atoms with Crippen LogP contribution in [0.15, 0.2) is 0 Å². The highest BCUT2D eigenvalue weighted by Crippen LogP contribution is 2.30. The lowest BCUT2D eigenvalue weighted by Crippen LogP contribution is -2.45. The Kier molecular flexibility index (Phi) is 8.48. The first-order valence-electron chi connectivity index (χ1n) is 9.44. The maximum Gasteiger partial charge on any atom is 0.308 e. The summed E-state index contributed by atoms with van der Waals surface area (Å²) in [4.78, 5) is 11.8. The van der Waals surface area contributed by atoms with Crippen LogP contribution in [0.25, 0.3) is 0 Å². The summed E-state index contributed by atoms with van der Waals surface area (Å²) in [5, 5.41) is 0. The summed E-state index contributed by atoms with van der Waals surface area (Å²) in [5.41, 5.74) is 0. The van der Waals surface area contributed by atoms with E-state index in [4.69, 9.17) is 13.6 Å². The van der Waals surface area contributed by atoms with Crippen LogP contribution in [0.4, 0.5) is 0 Å². The quantitative estimate of drug-likeness (QED) is 0.395. The summed E-state index contributed by atoms with van der Waals surface area (Å²) in [6, 6.07) is 6.62. The smallest absolute Gasteiger partial charge is 0.308 e. The zero-order valence-electron chi connectivity index (χ0n) is 15.9. The Hall–Kier alpha value is -0.176. The number of esters is 1. The minimum Gasteiger partial charge on any atom is -0.457 e. The normalized spacial score (nSPS) is 22.4. The Morgan fingerprint density at radius 1 is 0.913 bits per heavy atom. The molecule has 23 heavy (non-hydrogen) atoms. The van der Waals surface area contributed by atoms with Gasteiger partial charge < -0.3 is 13.6 Å². The molecule has 0 aromatic heterocycles. The van der Waals surface area contributed by atoms with Crippen LogP contribution in [0.2, 0.25) is 36.3 Å². The molecule has 2 atom stereocenters. The van der Waals surface area contributed by atoms with Gasteiger partial charge in [-0.2, -0.15) is 0 Å². The second-order valence-corrected chi connectivity index (χ2v) is 16.2. The molecule has 0 unspecified atom stereocenters. The number of hydrogen-bond acceptors (Lipinski definition) is 4. The van der Waals surface area contributed by atoms with Crippen LogP contribution in [0.3, 0.4) is 0 Å². The van der Waals surface area contributed by atoms with E-state index in [-0.39, 0.29) is 18.2 Å². The van der Waals surface area contributed by atoms with Crippen molar-refractivity contribution >= 4 is 22.6 Å². The van der Waals surface area contributed by atoms with Gasteiger partial charge in [0.25, 0.3) is 0 Å². The van der Waals surface area contributed by atoms with E-state index in [1.54, 1.807) is 0 Å². The van der Waals surface area contributed by atoms with E-state index in [1.807, 2.05) is 0 Å². The zero-order valence-corrected chi connectivity index (χ0v) is 17.9. The number of ether oxygens (including phenoxy) is 1. The summed E-state index contributed by atoms with van der Waals surface area (Å²) < 4.78 is 18.4. The fourth-order valence-electron chi connectivity index (χ4n) is 3.48. The fourth-order valence-corrected chi connectivity index (χ4v) is 8.99. The van der Waals surface area contributed by atoms with E-state index in [9.17, 15) is 4.79 Å². The Labute approximate surface area is 144 Å². The highest BCUT2D eigenvalue weighted by molar-refractivity contribution is 6.74. The van der Waals surface area contributed by atoms with Crippen molar-refractivity contribution in [3.63, 3.8) is 0 Å². The van der Waals surface area contributed by atoms with Gasteiger partial charge in [0.05, 0.1) is 19.1 Å². The molecule has 1 fully saturated rings. The monoisotopic (exact) mass is 360 g/mol. The third-order valence-corrected chi connectivity index (χ3v) is 15.2. The summed E-state index contributed by atoms with van der Waals surface area (Å²) in [6.07, 6.45) is 0.0728. The third kappa shape index (κ3) is 5.15. The minimum atomic E-state index is -1.73. The minimum absolute atomic E-state index is 0.105. The third-order valence-electron chi connectivity index (χ3n) is 5.89. The van der Waals surface area contributed by atoms with E-state index >= 15 is 0 Å². The van der Waals surface area contributed by atoms with E-state index in [0.29, 0.717) is 13.0 Å². The molecule has 1 rings (SSSR count). The lowest BCUT2D eigenvalue weighted by Gasteiger charge is -2.34. The SMILES string of the molecule is CC[Si](CC)(CC)OC[C@H]1OC(=O)C[C@@H]1O[Si](CC)(CC)CC. The second-order valence-electron chi connectivity index (χ2n) is 6.69. The fraction of sp³-hybridized carbons (Fsp3) is 0.941. The van der Waals surface area contributed by atoms with Crippen molar-refractivity contribution in [2.75, 3.05) is 6.61 Å². The first-order chi connectivity index (χ1) is 10.9. The topological polar surface area (TPSA) is 44.8 Å². The predicted molar refractivity (Wildman–Crippen MR) is 99.7 cm³/mol. The molecule has 1 heterocycles. The van der Waals surface area contributed by atoms with Crippen molar-refractivity contribution in [3.05, 3.63) is 0 Å². The van der Waals surface area contributed by atoms with Crippen LogP contribution in [0, 0.1) is 0 Å². The van der Waals surface area contributed by atoms with Crippen molar-refractivity contribution in [3.8, 4) is 0 Å². The molecule has 0 N–H and O–H groups in total. The number of rotatable bonds is 11. The molecule has 0 bridgehead atoms. The van der Waals surface area contributed by atoms with Crippen LogP contribution in [0.5, 0.6) is 0 Å². The molecule has 136 valence electrons. The van der Waals surface area contributed by atoms with Crippen LogP contribution in [-0.2, 0) is 18.4 Å². The van der Waals surface area contributed by atoms with Crippen LogP contribution in [-0.4, -0.2) is 41.4 Å². The summed E-state index contributed by atoms with van der Waals surface area (Å²) in [6.45, 7) is 13.8. The summed E-state index contributed by atoms with van der Waals surface area (Å²) in [5.74, 6) is -0.133. The van der Waals surface area contributed by atoms with Crippen molar-refractivity contribution in [1.82, 2.24) is 0 Å². The molecule has 0 aromatic carbocycles. The largest absolute Gasteiger partial charge is 0.457 e. The number of carbonyl (C=O) groups is 1. The van der Waals surface area contributed by atoms with Crippen LogP contribution < -0.4 is 0 Å². The molecule has 0 radical (unpaired) electrons. The summed E-state index contributed by atoms with van der Waals surface area (Å²) in [7, 11) is -3.39. The molecule has 1 aliphatic heterocycles. The number of carbonyl (C=O) groups excluding carboxylic acids is 1. The zero-order chi connectivity index (χ0) is 17.5. The van der Waals surface area contributed by atoms with E-state index in [1.165, 1.54) is 0 Å². The maximum atomic E-state index is 11.8. The lowest BCUT2D eigenvalue weighted by atomic mass is 10.2. The molecule has 0 saturated carbocycles. The first-order valence-corrected chi connectivity index (χ1v) is 14.5. The van der Waals surface area contributed by atoms with Crippen molar-refractivity contribution in [1.29, 1.82) is 0 Å². The Bertz CT molecular complexity index is 351. The number of cyclic esters (lactones) is 1. The Balaban J connectivity index is 2.74. The molecule has 4 nitrogen and oxygen atoms in total. The maximum absolute atomic E-state index is 11.8. The van der Waals surface area contributed by atoms with E-state index in [2.05, 4.69) is 41.5 Å². The molecular weight excluding hydrogens is 324 g/mol. The average molecular weight is 361 g/mol. The lowest BCUT2D eigenvalue weighted by molar-refractivity contribution is -0.142. The van der Waals surface area contributed by atoms with Gasteiger partial charge in [0.2, 0.25) is 0 Å². The predicted octanol–water partition coefficient (Wildman–Crippen LogP) is 4.71. The van der Waals surface area contributed by atoms with Gasteiger partial charge in [-0.15, -0.1) is 0 Å². The Morgan fingerprint density at radius 2 is 1.39 bits per heavy atom. The molecule has 0 aliphatic carbocycles. The molecular formula is C17H36O4Si2. The van der Waals surface area contributed by atoms with Crippen LogP contribution >= 0.6 is 0 Å².